The lowest BCUT2D eigenvalue weighted by molar-refractivity contribution is -0.131. The monoisotopic (exact) mass is 276 g/mol. The Hall–Kier alpha value is -2.00. The smallest absolute Gasteiger partial charge is 0.328 e. The Morgan fingerprint density at radius 2 is 2.05 bits per heavy atom. The van der Waals surface area contributed by atoms with E-state index in [4.69, 9.17) is 21.1 Å². The third-order valence-electron chi connectivity index (χ3n) is 2.80. The van der Waals surface area contributed by atoms with E-state index < -0.39 is 5.97 Å². The molecule has 19 heavy (non-hydrogen) atoms. The maximum atomic E-state index is 10.6. The van der Waals surface area contributed by atoms with Gasteiger partial charge in [-0.15, -0.1) is 0 Å². The van der Waals surface area contributed by atoms with Gasteiger partial charge in [0.15, 0.2) is 0 Å². The maximum absolute atomic E-state index is 10.6. The molecule has 0 spiro atoms. The second kappa shape index (κ2) is 5.33. The van der Waals surface area contributed by atoms with Crippen LogP contribution in [0.5, 0.6) is 0 Å². The standard InChI is InChI=1S/C15H13ClO3/c1-9-3-4-11(16)8-12(9)14-6-5-13(19-14)10(2)7-15(17)18/h3-8H,1-2H3,(H,17,18)/b10-7+. The molecule has 0 fully saturated rings. The van der Waals surface area contributed by atoms with E-state index in [-0.39, 0.29) is 0 Å². The first-order chi connectivity index (χ1) is 8.97. The summed E-state index contributed by atoms with van der Waals surface area (Å²) in [4.78, 5) is 10.6. The molecule has 0 saturated carbocycles. The lowest BCUT2D eigenvalue weighted by atomic mass is 10.1. The zero-order valence-electron chi connectivity index (χ0n) is 10.6. The minimum Gasteiger partial charge on any atom is -0.478 e. The highest BCUT2D eigenvalue weighted by atomic mass is 35.5. The summed E-state index contributed by atoms with van der Waals surface area (Å²) in [6, 6.07) is 9.13. The van der Waals surface area contributed by atoms with E-state index in [1.165, 1.54) is 0 Å². The van der Waals surface area contributed by atoms with Crippen LogP contribution in [-0.4, -0.2) is 11.1 Å². The third-order valence-corrected chi connectivity index (χ3v) is 3.03. The van der Waals surface area contributed by atoms with E-state index in [0.717, 1.165) is 17.2 Å². The van der Waals surface area contributed by atoms with Crippen molar-refractivity contribution in [1.29, 1.82) is 0 Å². The average molecular weight is 277 g/mol. The Bertz CT molecular complexity index is 653. The van der Waals surface area contributed by atoms with Crippen LogP contribution in [0.1, 0.15) is 18.2 Å². The number of benzene rings is 1. The highest BCUT2D eigenvalue weighted by molar-refractivity contribution is 6.30. The van der Waals surface area contributed by atoms with Gasteiger partial charge in [-0.2, -0.15) is 0 Å². The summed E-state index contributed by atoms with van der Waals surface area (Å²) in [6.07, 6.45) is 1.12. The van der Waals surface area contributed by atoms with E-state index in [9.17, 15) is 4.79 Å². The molecule has 1 aromatic heterocycles. The molecule has 0 aliphatic heterocycles. The highest BCUT2D eigenvalue weighted by Gasteiger charge is 2.09. The van der Waals surface area contributed by atoms with E-state index in [2.05, 4.69) is 0 Å². The molecule has 1 aromatic carbocycles. The van der Waals surface area contributed by atoms with Gasteiger partial charge in [0.1, 0.15) is 11.5 Å². The van der Waals surface area contributed by atoms with Gasteiger partial charge in [-0.25, -0.2) is 4.79 Å². The molecule has 0 saturated heterocycles. The van der Waals surface area contributed by atoms with Gasteiger partial charge in [-0.1, -0.05) is 17.7 Å². The number of halogens is 1. The number of hydrogen-bond acceptors (Lipinski definition) is 2. The lowest BCUT2D eigenvalue weighted by Gasteiger charge is -2.03. The molecule has 98 valence electrons. The number of aryl methyl sites for hydroxylation is 1. The first-order valence-corrected chi connectivity index (χ1v) is 6.13. The topological polar surface area (TPSA) is 50.4 Å². The highest BCUT2D eigenvalue weighted by Crippen LogP contribution is 2.30. The van der Waals surface area contributed by atoms with Crippen molar-refractivity contribution >= 4 is 23.1 Å². The number of furan rings is 1. The fraction of sp³-hybridized carbons (Fsp3) is 0.133. The van der Waals surface area contributed by atoms with Crippen molar-refractivity contribution in [2.45, 2.75) is 13.8 Å². The van der Waals surface area contributed by atoms with Crippen LogP contribution in [0.2, 0.25) is 5.02 Å². The summed E-state index contributed by atoms with van der Waals surface area (Å²) in [6.45, 7) is 3.66. The number of hydrogen-bond donors (Lipinski definition) is 1. The number of aliphatic carboxylic acids is 1. The Morgan fingerprint density at radius 1 is 1.32 bits per heavy atom. The number of carboxylic acids is 1. The predicted octanol–water partition coefficient (Wildman–Crippen LogP) is 4.40. The van der Waals surface area contributed by atoms with Crippen LogP contribution >= 0.6 is 11.6 Å². The van der Waals surface area contributed by atoms with Crippen molar-refractivity contribution in [3.05, 3.63) is 52.8 Å². The van der Waals surface area contributed by atoms with Gasteiger partial charge in [-0.05, 0) is 49.2 Å². The molecule has 0 aliphatic rings. The van der Waals surface area contributed by atoms with E-state index >= 15 is 0 Å². The molecule has 2 rings (SSSR count). The zero-order chi connectivity index (χ0) is 14.0. The molecule has 0 amide bonds. The molecule has 1 heterocycles. The molecule has 0 radical (unpaired) electrons. The summed E-state index contributed by atoms with van der Waals surface area (Å²) < 4.78 is 5.68. The van der Waals surface area contributed by atoms with Crippen LogP contribution in [0.3, 0.4) is 0 Å². The summed E-state index contributed by atoms with van der Waals surface area (Å²) in [5.74, 6) is 0.222. The van der Waals surface area contributed by atoms with E-state index in [1.807, 2.05) is 31.2 Å². The van der Waals surface area contributed by atoms with Crippen LogP contribution in [0, 0.1) is 6.92 Å². The normalized spacial score (nSPS) is 11.6. The average Bonchev–Trinajstić information content (AvgIpc) is 2.80. The number of rotatable bonds is 3. The first kappa shape index (κ1) is 13.4. The lowest BCUT2D eigenvalue weighted by Crippen LogP contribution is -1.88. The first-order valence-electron chi connectivity index (χ1n) is 5.75. The molecular weight excluding hydrogens is 264 g/mol. The second-order valence-corrected chi connectivity index (χ2v) is 4.73. The van der Waals surface area contributed by atoms with Crippen molar-refractivity contribution in [3.8, 4) is 11.3 Å². The van der Waals surface area contributed by atoms with Gasteiger partial charge in [0.2, 0.25) is 0 Å². The Balaban J connectivity index is 2.41. The predicted molar refractivity (Wildman–Crippen MR) is 75.2 cm³/mol. The van der Waals surface area contributed by atoms with Crippen LogP contribution in [0.4, 0.5) is 0 Å². The van der Waals surface area contributed by atoms with Crippen molar-refractivity contribution in [1.82, 2.24) is 0 Å². The molecular formula is C15H13ClO3. The van der Waals surface area contributed by atoms with E-state index in [1.54, 1.807) is 13.0 Å². The number of allylic oxidation sites excluding steroid dienone is 1. The van der Waals surface area contributed by atoms with Crippen molar-refractivity contribution in [2.75, 3.05) is 0 Å². The maximum Gasteiger partial charge on any atom is 0.328 e. The number of carboxylic acid groups (broad SMARTS) is 1. The fourth-order valence-corrected chi connectivity index (χ4v) is 1.98. The summed E-state index contributed by atoms with van der Waals surface area (Å²) >= 11 is 5.97. The van der Waals surface area contributed by atoms with Crippen molar-refractivity contribution < 1.29 is 14.3 Å². The zero-order valence-corrected chi connectivity index (χ0v) is 11.4. The second-order valence-electron chi connectivity index (χ2n) is 4.29. The van der Waals surface area contributed by atoms with Crippen molar-refractivity contribution in [2.24, 2.45) is 0 Å². The summed E-state index contributed by atoms with van der Waals surface area (Å²) in [7, 11) is 0. The minimum absolute atomic E-state index is 0.539. The minimum atomic E-state index is -0.991. The van der Waals surface area contributed by atoms with Gasteiger partial charge < -0.3 is 9.52 Å². The van der Waals surface area contributed by atoms with Crippen LogP contribution < -0.4 is 0 Å². The molecule has 2 aromatic rings. The molecule has 4 heteroatoms. The van der Waals surface area contributed by atoms with Crippen LogP contribution in [-0.2, 0) is 4.79 Å². The van der Waals surface area contributed by atoms with Gasteiger partial charge >= 0.3 is 5.97 Å². The van der Waals surface area contributed by atoms with Crippen LogP contribution in [0.25, 0.3) is 16.9 Å². The Morgan fingerprint density at radius 3 is 2.74 bits per heavy atom. The number of carbonyl (C=O) groups is 1. The Kier molecular flexibility index (Phi) is 3.76. The summed E-state index contributed by atoms with van der Waals surface area (Å²) in [5.41, 5.74) is 2.52. The SMILES string of the molecule is C/C(=C\C(=O)O)c1ccc(-c2cc(Cl)ccc2C)o1. The molecule has 0 aliphatic carbocycles. The molecule has 3 nitrogen and oxygen atoms in total. The largest absolute Gasteiger partial charge is 0.478 e. The molecule has 0 unspecified atom stereocenters. The molecule has 1 N–H and O–H groups in total. The van der Waals surface area contributed by atoms with Crippen LogP contribution in [0.15, 0.2) is 40.8 Å². The summed E-state index contributed by atoms with van der Waals surface area (Å²) in [5, 5.41) is 9.35. The van der Waals surface area contributed by atoms with Crippen molar-refractivity contribution in [3.63, 3.8) is 0 Å². The van der Waals surface area contributed by atoms with Gasteiger partial charge in [0.25, 0.3) is 0 Å². The molecule has 0 bridgehead atoms. The van der Waals surface area contributed by atoms with Gasteiger partial charge in [-0.3, -0.25) is 0 Å². The van der Waals surface area contributed by atoms with Gasteiger partial charge in [0, 0.05) is 16.7 Å². The molecule has 0 atom stereocenters. The van der Waals surface area contributed by atoms with Gasteiger partial charge in [0.05, 0.1) is 0 Å². The third kappa shape index (κ3) is 3.06. The quantitative estimate of drug-likeness (QED) is 0.846. The fourth-order valence-electron chi connectivity index (χ4n) is 1.81. The Labute approximate surface area is 116 Å². The van der Waals surface area contributed by atoms with E-state index in [0.29, 0.717) is 22.1 Å².